The molecule has 1 fully saturated rings. The van der Waals surface area contributed by atoms with E-state index >= 15 is 0 Å². The zero-order chi connectivity index (χ0) is 12.7. The quantitative estimate of drug-likeness (QED) is 0.686. The van der Waals surface area contributed by atoms with Crippen molar-refractivity contribution in [3.63, 3.8) is 0 Å². The Balaban J connectivity index is 2.58. The van der Waals surface area contributed by atoms with Crippen LogP contribution in [0.5, 0.6) is 0 Å². The maximum atomic E-state index is 12.1. The molecule has 0 aromatic heterocycles. The number of carbonyl (C=O) groups is 1. The topological polar surface area (TPSA) is 29.5 Å². The Kier molecular flexibility index (Phi) is 6.14. The monoisotopic (exact) mass is 241 g/mol. The Bertz CT molecular complexity index is 232. The molecule has 100 valence electrons. The molecule has 0 atom stereocenters. The van der Waals surface area contributed by atoms with Crippen LogP contribution in [0, 0.1) is 0 Å². The number of ketones is 1. The fraction of sp³-hybridized carbons (Fsp3) is 0.929. The van der Waals surface area contributed by atoms with Gasteiger partial charge in [-0.1, -0.05) is 20.8 Å². The van der Waals surface area contributed by atoms with E-state index in [1.54, 1.807) is 0 Å². The molecule has 1 aliphatic heterocycles. The molecular formula is C14H27NO2. The Hall–Kier alpha value is -0.410. The third kappa shape index (κ3) is 3.78. The van der Waals surface area contributed by atoms with Crippen molar-refractivity contribution in [1.29, 1.82) is 0 Å². The molecule has 1 heterocycles. The van der Waals surface area contributed by atoms with Gasteiger partial charge in [-0.15, -0.1) is 0 Å². The average molecular weight is 241 g/mol. The van der Waals surface area contributed by atoms with E-state index in [9.17, 15) is 4.79 Å². The molecule has 0 radical (unpaired) electrons. The highest BCUT2D eigenvalue weighted by atomic mass is 16.5. The normalized spacial score (nSPS) is 20.4. The van der Waals surface area contributed by atoms with Crippen molar-refractivity contribution in [3.8, 4) is 0 Å². The Morgan fingerprint density at radius 1 is 1.18 bits per heavy atom. The molecule has 0 bridgehead atoms. The number of hydrogen-bond acceptors (Lipinski definition) is 3. The fourth-order valence-electron chi connectivity index (χ4n) is 2.58. The zero-order valence-corrected chi connectivity index (χ0v) is 11.6. The van der Waals surface area contributed by atoms with Gasteiger partial charge in [-0.2, -0.15) is 0 Å². The highest BCUT2D eigenvalue weighted by Gasteiger charge is 2.40. The van der Waals surface area contributed by atoms with Crippen LogP contribution in [0.3, 0.4) is 0 Å². The van der Waals surface area contributed by atoms with E-state index in [0.717, 1.165) is 38.9 Å². The molecule has 1 rings (SSSR count). The number of piperidine rings is 1. The molecule has 0 unspecified atom stereocenters. The minimum atomic E-state index is -0.463. The second-order valence-corrected chi connectivity index (χ2v) is 4.96. The average Bonchev–Trinajstić information content (AvgIpc) is 2.37. The summed E-state index contributed by atoms with van der Waals surface area (Å²) < 4.78 is 5.92. The molecule has 0 spiro atoms. The minimum absolute atomic E-state index is 0.294. The summed E-state index contributed by atoms with van der Waals surface area (Å²) in [6.45, 7) is 10.1. The first-order valence-corrected chi connectivity index (χ1v) is 7.08. The number of rotatable bonds is 7. The van der Waals surface area contributed by atoms with Crippen LogP contribution in [-0.2, 0) is 9.53 Å². The summed E-state index contributed by atoms with van der Waals surface area (Å²) in [4.78, 5) is 14.6. The van der Waals surface area contributed by atoms with Crippen molar-refractivity contribution >= 4 is 5.78 Å². The largest absolute Gasteiger partial charge is 0.367 e. The van der Waals surface area contributed by atoms with Crippen molar-refractivity contribution in [2.45, 2.75) is 58.5 Å². The van der Waals surface area contributed by atoms with E-state index in [-0.39, 0.29) is 0 Å². The number of hydrogen-bond donors (Lipinski definition) is 0. The first-order valence-electron chi connectivity index (χ1n) is 7.08. The van der Waals surface area contributed by atoms with Gasteiger partial charge in [0.25, 0.3) is 0 Å². The van der Waals surface area contributed by atoms with E-state index < -0.39 is 5.60 Å². The molecule has 1 saturated heterocycles. The summed E-state index contributed by atoms with van der Waals surface area (Å²) in [6.07, 6.45) is 4.51. The highest BCUT2D eigenvalue weighted by Crippen LogP contribution is 2.29. The number of Topliss-reactive ketones (excluding diaryl/α,β-unsaturated/α-hetero) is 1. The molecular weight excluding hydrogens is 214 g/mol. The van der Waals surface area contributed by atoms with Gasteiger partial charge in [-0.05, 0) is 32.2 Å². The van der Waals surface area contributed by atoms with Gasteiger partial charge in [0.05, 0.1) is 0 Å². The predicted octanol–water partition coefficient (Wildman–Crippen LogP) is 2.64. The molecule has 0 aliphatic carbocycles. The van der Waals surface area contributed by atoms with Crippen LogP contribution in [0.2, 0.25) is 0 Å². The van der Waals surface area contributed by atoms with E-state index in [2.05, 4.69) is 18.7 Å². The predicted molar refractivity (Wildman–Crippen MR) is 70.2 cm³/mol. The molecule has 1 aliphatic rings. The number of likely N-dealkylation sites (tertiary alicyclic amines) is 1. The van der Waals surface area contributed by atoms with Gasteiger partial charge in [0, 0.05) is 26.1 Å². The van der Waals surface area contributed by atoms with E-state index in [0.29, 0.717) is 18.8 Å². The molecule has 17 heavy (non-hydrogen) atoms. The fourth-order valence-corrected chi connectivity index (χ4v) is 2.58. The summed E-state index contributed by atoms with van der Waals surface area (Å²) in [6, 6.07) is 0. The van der Waals surface area contributed by atoms with Crippen molar-refractivity contribution in [2.24, 2.45) is 0 Å². The maximum absolute atomic E-state index is 12.1. The summed E-state index contributed by atoms with van der Waals surface area (Å²) in [7, 11) is 0. The van der Waals surface area contributed by atoms with Gasteiger partial charge in [-0.25, -0.2) is 0 Å². The van der Waals surface area contributed by atoms with Crippen LogP contribution in [0.4, 0.5) is 0 Å². The first kappa shape index (κ1) is 14.7. The van der Waals surface area contributed by atoms with Crippen LogP contribution in [0.25, 0.3) is 0 Å². The van der Waals surface area contributed by atoms with Gasteiger partial charge < -0.3 is 9.64 Å². The lowest BCUT2D eigenvalue weighted by Crippen LogP contribution is -2.51. The number of ether oxygens (including phenoxy) is 1. The van der Waals surface area contributed by atoms with Crippen LogP contribution < -0.4 is 0 Å². The Labute approximate surface area is 106 Å². The van der Waals surface area contributed by atoms with Gasteiger partial charge in [0.2, 0.25) is 0 Å². The van der Waals surface area contributed by atoms with Crippen molar-refractivity contribution in [3.05, 3.63) is 0 Å². The third-order valence-electron chi connectivity index (χ3n) is 3.62. The van der Waals surface area contributed by atoms with Gasteiger partial charge in [0.1, 0.15) is 5.60 Å². The molecule has 3 heteroatoms. The summed E-state index contributed by atoms with van der Waals surface area (Å²) >= 11 is 0. The van der Waals surface area contributed by atoms with Crippen molar-refractivity contribution in [2.75, 3.05) is 26.2 Å². The summed E-state index contributed by atoms with van der Waals surface area (Å²) in [5, 5.41) is 0. The lowest BCUT2D eigenvalue weighted by atomic mass is 9.85. The van der Waals surface area contributed by atoms with E-state index in [1.807, 2.05) is 6.92 Å². The van der Waals surface area contributed by atoms with Gasteiger partial charge in [0.15, 0.2) is 5.78 Å². The highest BCUT2D eigenvalue weighted by molar-refractivity contribution is 5.87. The van der Waals surface area contributed by atoms with Crippen LogP contribution >= 0.6 is 0 Å². The number of carbonyl (C=O) groups excluding carboxylic acids is 1. The molecule has 0 N–H and O–H groups in total. The lowest BCUT2D eigenvalue weighted by molar-refractivity contribution is -0.151. The molecule has 3 nitrogen and oxygen atoms in total. The first-order chi connectivity index (χ1) is 8.18. The molecule has 0 amide bonds. The lowest BCUT2D eigenvalue weighted by Gasteiger charge is -2.40. The van der Waals surface area contributed by atoms with Crippen LogP contribution in [0.15, 0.2) is 0 Å². The summed E-state index contributed by atoms with van der Waals surface area (Å²) in [5.74, 6) is 0.294. The van der Waals surface area contributed by atoms with Crippen molar-refractivity contribution in [1.82, 2.24) is 4.90 Å². The van der Waals surface area contributed by atoms with Crippen molar-refractivity contribution < 1.29 is 9.53 Å². The van der Waals surface area contributed by atoms with Crippen LogP contribution in [-0.4, -0.2) is 42.5 Å². The smallest absolute Gasteiger partial charge is 0.164 e. The van der Waals surface area contributed by atoms with E-state index in [4.69, 9.17) is 4.74 Å². The van der Waals surface area contributed by atoms with Gasteiger partial charge >= 0.3 is 0 Å². The second-order valence-electron chi connectivity index (χ2n) is 4.96. The third-order valence-corrected chi connectivity index (χ3v) is 3.62. The van der Waals surface area contributed by atoms with Crippen LogP contribution in [0.1, 0.15) is 52.9 Å². The molecule has 0 aromatic carbocycles. The maximum Gasteiger partial charge on any atom is 0.164 e. The number of nitrogens with zero attached hydrogens (tertiary/aromatic N) is 1. The SMILES string of the molecule is CCCOC1(C(=O)CC)CCN(CCC)CC1. The Morgan fingerprint density at radius 3 is 2.29 bits per heavy atom. The zero-order valence-electron chi connectivity index (χ0n) is 11.6. The minimum Gasteiger partial charge on any atom is -0.367 e. The van der Waals surface area contributed by atoms with E-state index in [1.165, 1.54) is 6.42 Å². The summed E-state index contributed by atoms with van der Waals surface area (Å²) in [5.41, 5.74) is -0.463. The molecule has 0 aromatic rings. The second kappa shape index (κ2) is 7.12. The standard InChI is InChI=1S/C14H27NO2/c1-4-9-15-10-7-14(8-11-15,13(16)6-3)17-12-5-2/h4-12H2,1-3H3. The van der Waals surface area contributed by atoms with Gasteiger partial charge in [-0.3, -0.25) is 4.79 Å². The Morgan fingerprint density at radius 2 is 1.82 bits per heavy atom. The molecule has 0 saturated carbocycles.